The zero-order valence-corrected chi connectivity index (χ0v) is 11.4. The van der Waals surface area contributed by atoms with Crippen LogP contribution >= 0.6 is 35.0 Å². The second-order valence-corrected chi connectivity index (χ2v) is 5.01. The molecule has 7 heteroatoms. The Morgan fingerprint density at radius 3 is 2.72 bits per heavy atom. The molecule has 94 valence electrons. The number of para-hydroxylation sites is 1. The fourth-order valence-corrected chi connectivity index (χ4v) is 2.60. The van der Waals surface area contributed by atoms with Crippen molar-refractivity contribution in [1.82, 2.24) is 0 Å². The molecule has 1 aliphatic heterocycles. The molecule has 2 rings (SSSR count). The van der Waals surface area contributed by atoms with E-state index in [1.807, 2.05) is 0 Å². The summed E-state index contributed by atoms with van der Waals surface area (Å²) >= 11 is 12.8. The number of nitrogens with zero attached hydrogens (tertiary/aromatic N) is 2. The van der Waals surface area contributed by atoms with Gasteiger partial charge in [0.25, 0.3) is 5.91 Å². The van der Waals surface area contributed by atoms with Crippen molar-refractivity contribution in [3.63, 3.8) is 0 Å². The molecule has 4 nitrogen and oxygen atoms in total. The molecule has 0 radical (unpaired) electrons. The third-order valence-electron chi connectivity index (χ3n) is 2.19. The first-order valence-corrected chi connectivity index (χ1v) is 6.91. The summed E-state index contributed by atoms with van der Waals surface area (Å²) in [7, 11) is 0. The third-order valence-corrected chi connectivity index (χ3v) is 3.67. The summed E-state index contributed by atoms with van der Waals surface area (Å²) in [6.07, 6.45) is 0. The Morgan fingerprint density at radius 1 is 1.44 bits per heavy atom. The average molecular weight is 303 g/mol. The van der Waals surface area contributed by atoms with Crippen molar-refractivity contribution in [1.29, 1.82) is 0 Å². The maximum Gasteiger partial charge on any atom is 0.258 e. The van der Waals surface area contributed by atoms with E-state index in [0.717, 1.165) is 0 Å². The van der Waals surface area contributed by atoms with Crippen LogP contribution in [0.3, 0.4) is 0 Å². The summed E-state index contributed by atoms with van der Waals surface area (Å²) < 4.78 is 0. The van der Waals surface area contributed by atoms with E-state index in [0.29, 0.717) is 15.9 Å². The quantitative estimate of drug-likeness (QED) is 0.789. The minimum Gasteiger partial charge on any atom is -0.273 e. The summed E-state index contributed by atoms with van der Waals surface area (Å²) in [5.41, 5.74) is 0.478. The van der Waals surface area contributed by atoms with Gasteiger partial charge in [0.05, 0.1) is 16.5 Å². The molecule has 1 aliphatic rings. The topological polar surface area (TPSA) is 49.7 Å². The number of aliphatic imine (C=N–C) groups is 1. The molecule has 2 amide bonds. The van der Waals surface area contributed by atoms with Crippen LogP contribution in [0, 0.1) is 0 Å². The van der Waals surface area contributed by atoms with Crippen molar-refractivity contribution in [2.24, 2.45) is 4.99 Å². The molecule has 0 fully saturated rings. The fourth-order valence-electron chi connectivity index (χ4n) is 1.45. The Hall–Kier alpha value is -1.04. The molecule has 0 aromatic heterocycles. The van der Waals surface area contributed by atoms with E-state index in [1.54, 1.807) is 24.3 Å². The highest BCUT2D eigenvalue weighted by atomic mass is 35.5. The van der Waals surface area contributed by atoms with Crippen LogP contribution in [0.2, 0.25) is 5.02 Å². The number of hydrogen-bond acceptors (Lipinski definition) is 3. The van der Waals surface area contributed by atoms with Crippen molar-refractivity contribution in [3.05, 3.63) is 29.3 Å². The van der Waals surface area contributed by atoms with Gasteiger partial charge in [0.2, 0.25) is 5.91 Å². The number of thioether (sulfide) groups is 1. The van der Waals surface area contributed by atoms with Crippen LogP contribution < -0.4 is 4.90 Å². The Bertz CT molecular complexity index is 534. The zero-order chi connectivity index (χ0) is 13.1. The number of amidine groups is 1. The first-order chi connectivity index (χ1) is 8.63. The molecule has 0 saturated heterocycles. The van der Waals surface area contributed by atoms with Crippen LogP contribution in [-0.4, -0.2) is 28.6 Å². The Balaban J connectivity index is 2.44. The lowest BCUT2D eigenvalue weighted by atomic mass is 10.3. The van der Waals surface area contributed by atoms with Crippen LogP contribution in [0.4, 0.5) is 5.69 Å². The molecule has 0 N–H and O–H groups in total. The minimum absolute atomic E-state index is 0.209. The first kappa shape index (κ1) is 13.4. The zero-order valence-electron chi connectivity index (χ0n) is 9.10. The van der Waals surface area contributed by atoms with Crippen molar-refractivity contribution >= 4 is 57.6 Å². The average Bonchev–Trinajstić information content (AvgIpc) is 2.78. The Labute approximate surface area is 118 Å². The van der Waals surface area contributed by atoms with Gasteiger partial charge >= 0.3 is 0 Å². The number of rotatable bonds is 2. The van der Waals surface area contributed by atoms with Crippen LogP contribution in [0.15, 0.2) is 29.3 Å². The van der Waals surface area contributed by atoms with Gasteiger partial charge in [-0.2, -0.15) is 4.99 Å². The SMILES string of the molecule is O=C1CSC(N(C(=O)CCl)c2ccccc2Cl)=N1. The highest BCUT2D eigenvalue weighted by Gasteiger charge is 2.27. The van der Waals surface area contributed by atoms with E-state index < -0.39 is 0 Å². The first-order valence-electron chi connectivity index (χ1n) is 5.01. The lowest BCUT2D eigenvalue weighted by molar-refractivity contribution is -0.115. The van der Waals surface area contributed by atoms with E-state index in [2.05, 4.69) is 4.99 Å². The lowest BCUT2D eigenvalue weighted by Crippen LogP contribution is -2.35. The van der Waals surface area contributed by atoms with Crippen LogP contribution in [0.5, 0.6) is 0 Å². The van der Waals surface area contributed by atoms with Crippen molar-refractivity contribution in [3.8, 4) is 0 Å². The summed E-state index contributed by atoms with van der Waals surface area (Å²) in [6, 6.07) is 6.84. The van der Waals surface area contributed by atoms with Gasteiger partial charge < -0.3 is 0 Å². The second kappa shape index (κ2) is 5.73. The van der Waals surface area contributed by atoms with Gasteiger partial charge in [0.15, 0.2) is 5.17 Å². The Kier molecular flexibility index (Phi) is 4.27. The molecule has 1 aromatic rings. The van der Waals surface area contributed by atoms with Gasteiger partial charge in [-0.1, -0.05) is 35.5 Å². The van der Waals surface area contributed by atoms with Crippen molar-refractivity contribution in [2.75, 3.05) is 16.5 Å². The van der Waals surface area contributed by atoms with Crippen molar-refractivity contribution in [2.45, 2.75) is 0 Å². The number of carbonyl (C=O) groups excluding carboxylic acids is 2. The monoisotopic (exact) mass is 302 g/mol. The van der Waals surface area contributed by atoms with Gasteiger partial charge in [0.1, 0.15) is 5.88 Å². The fraction of sp³-hybridized carbons (Fsp3) is 0.182. The highest BCUT2D eigenvalue weighted by molar-refractivity contribution is 8.15. The molecule has 0 bridgehead atoms. The smallest absolute Gasteiger partial charge is 0.258 e. The number of carbonyl (C=O) groups is 2. The number of hydrogen-bond donors (Lipinski definition) is 0. The molecule has 0 saturated carbocycles. The molecule has 1 aromatic carbocycles. The van der Waals surface area contributed by atoms with Crippen LogP contribution in [0.1, 0.15) is 0 Å². The van der Waals surface area contributed by atoms with Gasteiger partial charge in [-0.25, -0.2) is 0 Å². The predicted molar refractivity (Wildman–Crippen MR) is 74.6 cm³/mol. The third kappa shape index (κ3) is 2.68. The maximum absolute atomic E-state index is 11.9. The van der Waals surface area contributed by atoms with E-state index in [-0.39, 0.29) is 23.4 Å². The highest BCUT2D eigenvalue weighted by Crippen LogP contribution is 2.30. The number of alkyl halides is 1. The van der Waals surface area contributed by atoms with Gasteiger partial charge in [-0.15, -0.1) is 11.6 Å². The van der Waals surface area contributed by atoms with Gasteiger partial charge in [0, 0.05) is 0 Å². The molecule has 0 unspecified atom stereocenters. The molecular formula is C11H8Cl2N2O2S. The summed E-state index contributed by atoms with van der Waals surface area (Å²) in [6.45, 7) is 0. The number of benzene rings is 1. The lowest BCUT2D eigenvalue weighted by Gasteiger charge is -2.21. The molecule has 0 spiro atoms. The molecular weight excluding hydrogens is 295 g/mol. The van der Waals surface area contributed by atoms with E-state index in [9.17, 15) is 9.59 Å². The predicted octanol–water partition coefficient (Wildman–Crippen LogP) is 2.54. The Morgan fingerprint density at radius 2 is 2.17 bits per heavy atom. The number of anilines is 1. The van der Waals surface area contributed by atoms with Gasteiger partial charge in [-0.3, -0.25) is 14.5 Å². The molecule has 18 heavy (non-hydrogen) atoms. The largest absolute Gasteiger partial charge is 0.273 e. The summed E-state index contributed by atoms with van der Waals surface area (Å²) in [4.78, 5) is 28.1. The van der Waals surface area contributed by atoms with Crippen LogP contribution in [-0.2, 0) is 9.59 Å². The number of amides is 2. The van der Waals surface area contributed by atoms with E-state index in [4.69, 9.17) is 23.2 Å². The van der Waals surface area contributed by atoms with Gasteiger partial charge in [-0.05, 0) is 12.1 Å². The standard InChI is InChI=1S/C11H8Cl2N2O2S/c12-5-10(17)15(11-14-9(16)6-18-11)8-4-2-1-3-7(8)13/h1-4H,5-6H2. The normalized spacial score (nSPS) is 14.6. The second-order valence-electron chi connectivity index (χ2n) is 3.39. The van der Waals surface area contributed by atoms with E-state index >= 15 is 0 Å². The van der Waals surface area contributed by atoms with Crippen LogP contribution in [0.25, 0.3) is 0 Å². The summed E-state index contributed by atoms with van der Waals surface area (Å²) in [5, 5.41) is 0.720. The summed E-state index contributed by atoms with van der Waals surface area (Å²) in [5.74, 6) is -0.620. The molecule has 0 aliphatic carbocycles. The van der Waals surface area contributed by atoms with E-state index in [1.165, 1.54) is 16.7 Å². The molecule has 0 atom stereocenters. The maximum atomic E-state index is 11.9. The van der Waals surface area contributed by atoms with Crippen molar-refractivity contribution < 1.29 is 9.59 Å². The number of halogens is 2. The molecule has 1 heterocycles. The minimum atomic E-state index is -0.370.